The molecule has 11 heteroatoms. The monoisotopic (exact) mass is 568 g/mol. The first-order chi connectivity index (χ1) is 17.8. The topological polar surface area (TPSA) is 101 Å². The second-order valence-electron chi connectivity index (χ2n) is 9.27. The first kappa shape index (κ1) is 25.1. The molecule has 5 rings (SSSR count). The average Bonchev–Trinajstić information content (AvgIpc) is 3.42. The molecule has 3 heterocycles. The predicted octanol–water partition coefficient (Wildman–Crippen LogP) is 6.11. The molecular weight excluding hydrogens is 543 g/mol. The van der Waals surface area contributed by atoms with E-state index in [1.165, 1.54) is 37.2 Å². The van der Waals surface area contributed by atoms with E-state index in [9.17, 15) is 14.5 Å². The van der Waals surface area contributed by atoms with Gasteiger partial charge in [-0.05, 0) is 82.2 Å². The van der Waals surface area contributed by atoms with E-state index in [1.807, 2.05) is 28.7 Å². The Morgan fingerprint density at radius 2 is 2.05 bits per heavy atom. The third-order valence-corrected chi connectivity index (χ3v) is 6.80. The zero-order valence-corrected chi connectivity index (χ0v) is 22.1. The first-order valence-corrected chi connectivity index (χ1v) is 12.9. The number of aromatic nitrogens is 5. The van der Waals surface area contributed by atoms with Crippen molar-refractivity contribution < 1.29 is 14.1 Å². The van der Waals surface area contributed by atoms with Crippen molar-refractivity contribution >= 4 is 21.7 Å². The van der Waals surface area contributed by atoms with E-state index in [4.69, 9.17) is 9.84 Å². The van der Waals surface area contributed by atoms with Gasteiger partial charge in [0.15, 0.2) is 6.20 Å². The van der Waals surface area contributed by atoms with Gasteiger partial charge in [0.2, 0.25) is 5.75 Å². The molecule has 9 nitrogen and oxygen atoms in total. The van der Waals surface area contributed by atoms with Gasteiger partial charge in [-0.15, -0.1) is 0 Å². The Morgan fingerprint density at radius 1 is 1.24 bits per heavy atom. The van der Waals surface area contributed by atoms with Gasteiger partial charge < -0.3 is 14.9 Å². The number of hydrogen-bond donors (Lipinski definition) is 0. The highest BCUT2D eigenvalue weighted by atomic mass is 79.9. The van der Waals surface area contributed by atoms with Gasteiger partial charge in [-0.2, -0.15) is 10.2 Å². The first-order valence-electron chi connectivity index (χ1n) is 12.1. The number of hydrogen-bond acceptors (Lipinski definition) is 6. The van der Waals surface area contributed by atoms with Gasteiger partial charge in [0.1, 0.15) is 11.9 Å². The van der Waals surface area contributed by atoms with Crippen LogP contribution in [0.15, 0.2) is 53.5 Å². The molecule has 0 bridgehead atoms. The molecule has 1 fully saturated rings. The molecule has 3 aromatic heterocycles. The molecule has 192 valence electrons. The number of ether oxygens (including phenoxy) is 1. The Labute approximate surface area is 221 Å². The quantitative estimate of drug-likeness (QED) is 0.169. The van der Waals surface area contributed by atoms with E-state index in [2.05, 4.69) is 32.2 Å². The third kappa shape index (κ3) is 5.71. The Hall–Kier alpha value is -3.60. The zero-order valence-electron chi connectivity index (χ0n) is 20.5. The van der Waals surface area contributed by atoms with Crippen LogP contribution >= 0.6 is 15.9 Å². The summed E-state index contributed by atoms with van der Waals surface area (Å²) in [5.74, 6) is -0.129. The van der Waals surface area contributed by atoms with Crippen LogP contribution in [0, 0.1) is 21.8 Å². The van der Waals surface area contributed by atoms with Crippen LogP contribution in [-0.2, 0) is 19.5 Å². The fourth-order valence-electron chi connectivity index (χ4n) is 4.34. The van der Waals surface area contributed by atoms with Crippen molar-refractivity contribution in [1.29, 1.82) is 0 Å². The molecule has 0 spiro atoms. The lowest BCUT2D eigenvalue weighted by molar-refractivity contribution is -0.390. The predicted molar refractivity (Wildman–Crippen MR) is 139 cm³/mol. The maximum Gasteiger partial charge on any atom is 0.406 e. The van der Waals surface area contributed by atoms with E-state index >= 15 is 0 Å². The van der Waals surface area contributed by atoms with Crippen molar-refractivity contribution in [2.75, 3.05) is 0 Å². The second-order valence-corrected chi connectivity index (χ2v) is 10.2. The number of nitro groups is 1. The van der Waals surface area contributed by atoms with Gasteiger partial charge in [-0.3, -0.25) is 9.36 Å². The number of halogens is 2. The number of nitrogens with zero attached hydrogens (tertiary/aromatic N) is 6. The molecule has 0 unspecified atom stereocenters. The highest BCUT2D eigenvalue weighted by Crippen LogP contribution is 2.36. The molecule has 1 aromatic carbocycles. The van der Waals surface area contributed by atoms with Gasteiger partial charge in [-0.1, -0.05) is 0 Å². The molecule has 4 aromatic rings. The van der Waals surface area contributed by atoms with Crippen LogP contribution < -0.4 is 4.74 Å². The van der Waals surface area contributed by atoms with Crippen molar-refractivity contribution in [1.82, 2.24) is 24.5 Å². The minimum Gasteiger partial charge on any atom is -0.478 e. The highest BCUT2D eigenvalue weighted by Gasteiger charge is 2.25. The van der Waals surface area contributed by atoms with Crippen LogP contribution in [0.1, 0.15) is 49.5 Å². The highest BCUT2D eigenvalue weighted by molar-refractivity contribution is 9.10. The van der Waals surface area contributed by atoms with Crippen LogP contribution in [-0.4, -0.2) is 29.5 Å². The molecule has 1 saturated carbocycles. The molecule has 37 heavy (non-hydrogen) atoms. The standard InChI is InChI=1S/C26H26BrFN6O3/c1-3-32-15-19(8-18-11-30-33(14-18)13-17-4-5-17)25(31-32)22-7-6-21(28)10-23(22)16(2)37-24-9-20(27)12-29-26(24)34(35)36/h6-7,9-12,14-17H,3-5,8,13H2,1-2H3/t16-/m1/s1. The van der Waals surface area contributed by atoms with Crippen LogP contribution in [0.4, 0.5) is 10.2 Å². The van der Waals surface area contributed by atoms with Crippen LogP contribution in [0.25, 0.3) is 11.3 Å². The van der Waals surface area contributed by atoms with Crippen molar-refractivity contribution in [3.63, 3.8) is 0 Å². The van der Waals surface area contributed by atoms with Gasteiger partial charge in [0.25, 0.3) is 0 Å². The Balaban J connectivity index is 1.49. The van der Waals surface area contributed by atoms with E-state index < -0.39 is 22.7 Å². The summed E-state index contributed by atoms with van der Waals surface area (Å²) in [6, 6.07) is 5.94. The summed E-state index contributed by atoms with van der Waals surface area (Å²) < 4.78 is 24.8. The summed E-state index contributed by atoms with van der Waals surface area (Å²) in [6.07, 6.45) is 9.70. The summed E-state index contributed by atoms with van der Waals surface area (Å²) in [5.41, 5.74) is 3.99. The van der Waals surface area contributed by atoms with Crippen LogP contribution in [0.5, 0.6) is 5.75 Å². The summed E-state index contributed by atoms with van der Waals surface area (Å²) >= 11 is 3.28. The van der Waals surface area contributed by atoms with Crippen LogP contribution in [0.3, 0.4) is 0 Å². The largest absolute Gasteiger partial charge is 0.478 e. The lowest BCUT2D eigenvalue weighted by atomic mass is 9.96. The van der Waals surface area contributed by atoms with Crippen molar-refractivity contribution in [3.05, 3.63) is 86.1 Å². The number of benzene rings is 1. The second kappa shape index (κ2) is 10.4. The molecule has 1 aliphatic carbocycles. The maximum atomic E-state index is 14.4. The normalized spacial score (nSPS) is 14.1. The molecule has 0 saturated heterocycles. The summed E-state index contributed by atoms with van der Waals surface area (Å²) in [6.45, 7) is 5.34. The molecule has 0 amide bonds. The van der Waals surface area contributed by atoms with E-state index in [0.717, 1.165) is 23.6 Å². The molecular formula is C26H26BrFN6O3. The van der Waals surface area contributed by atoms with Gasteiger partial charge in [0.05, 0.1) is 16.4 Å². The summed E-state index contributed by atoms with van der Waals surface area (Å²) in [4.78, 5) is 14.7. The Morgan fingerprint density at radius 3 is 2.78 bits per heavy atom. The van der Waals surface area contributed by atoms with Gasteiger partial charge in [-0.25, -0.2) is 4.39 Å². The SMILES string of the molecule is CCn1cc(Cc2cnn(CC3CC3)c2)c(-c2ccc(F)cc2[C@@H](C)Oc2cc(Br)cnc2[N+](=O)[O-])n1. The Kier molecular flexibility index (Phi) is 7.05. The molecule has 0 aliphatic heterocycles. The minimum absolute atomic E-state index is 0.00975. The minimum atomic E-state index is -0.721. The molecule has 1 atom stereocenters. The lowest BCUT2D eigenvalue weighted by Crippen LogP contribution is -2.08. The fraction of sp³-hybridized carbons (Fsp3) is 0.346. The van der Waals surface area contributed by atoms with Crippen LogP contribution in [0.2, 0.25) is 0 Å². The number of aryl methyl sites for hydroxylation is 1. The molecule has 0 N–H and O–H groups in total. The van der Waals surface area contributed by atoms with E-state index in [-0.39, 0.29) is 5.75 Å². The number of pyridine rings is 1. The fourth-order valence-corrected chi connectivity index (χ4v) is 4.65. The average molecular weight is 569 g/mol. The number of rotatable bonds is 10. The lowest BCUT2D eigenvalue weighted by Gasteiger charge is -2.18. The zero-order chi connectivity index (χ0) is 26.1. The molecule has 0 radical (unpaired) electrons. The van der Waals surface area contributed by atoms with E-state index in [1.54, 1.807) is 13.0 Å². The maximum absolute atomic E-state index is 14.4. The van der Waals surface area contributed by atoms with Crippen molar-refractivity contribution in [2.45, 2.75) is 52.3 Å². The van der Waals surface area contributed by atoms with E-state index in [0.29, 0.717) is 34.3 Å². The summed E-state index contributed by atoms with van der Waals surface area (Å²) in [5, 5.41) is 20.8. The molecule has 1 aliphatic rings. The smallest absolute Gasteiger partial charge is 0.406 e. The van der Waals surface area contributed by atoms with Crippen molar-refractivity contribution in [2.24, 2.45) is 5.92 Å². The Bertz CT molecular complexity index is 1450. The third-order valence-electron chi connectivity index (χ3n) is 6.37. The summed E-state index contributed by atoms with van der Waals surface area (Å²) in [7, 11) is 0. The van der Waals surface area contributed by atoms with Crippen molar-refractivity contribution in [3.8, 4) is 17.0 Å². The van der Waals surface area contributed by atoms with Gasteiger partial charge >= 0.3 is 5.82 Å². The van der Waals surface area contributed by atoms with Gasteiger partial charge in [0, 0.05) is 54.7 Å².